The fourth-order valence-corrected chi connectivity index (χ4v) is 7.57. The smallest absolute Gasteiger partial charge is 0.306 e. The van der Waals surface area contributed by atoms with E-state index in [1.165, 1.54) is 44.9 Å². The van der Waals surface area contributed by atoms with Gasteiger partial charge in [0, 0.05) is 6.42 Å². The van der Waals surface area contributed by atoms with E-state index in [1.807, 2.05) is 60.8 Å². The number of nitrogens with one attached hydrogen (secondary N) is 1. The van der Waals surface area contributed by atoms with E-state index in [0.717, 1.165) is 77.0 Å². The molecule has 72 heavy (non-hydrogen) atoms. The number of carbonyl (C=O) groups is 2. The van der Waals surface area contributed by atoms with Gasteiger partial charge in [0.25, 0.3) is 0 Å². The molecule has 1 aliphatic rings. The summed E-state index contributed by atoms with van der Waals surface area (Å²) in [7, 11) is 0. The third-order valence-corrected chi connectivity index (χ3v) is 11.9. The van der Waals surface area contributed by atoms with Crippen LogP contribution in [0, 0.1) is 0 Å². The Balaban J connectivity index is 2.82. The molecule has 0 aromatic rings. The zero-order valence-corrected chi connectivity index (χ0v) is 44.5. The molecule has 8 unspecified atom stereocenters. The van der Waals surface area contributed by atoms with Gasteiger partial charge in [-0.25, -0.2) is 0 Å². The number of esters is 1. The summed E-state index contributed by atoms with van der Waals surface area (Å²) < 4.78 is 17.4. The van der Waals surface area contributed by atoms with Crippen LogP contribution in [0.1, 0.15) is 175 Å². The van der Waals surface area contributed by atoms with Crippen LogP contribution in [0.15, 0.2) is 134 Å². The molecule has 1 saturated heterocycles. The largest absolute Gasteiger partial charge is 0.454 e. The summed E-state index contributed by atoms with van der Waals surface area (Å²) in [6.45, 7) is 5.42. The van der Waals surface area contributed by atoms with Gasteiger partial charge in [0.15, 0.2) is 12.4 Å². The monoisotopic (exact) mass is 1000 g/mol. The van der Waals surface area contributed by atoms with Crippen LogP contribution in [0.4, 0.5) is 0 Å². The summed E-state index contributed by atoms with van der Waals surface area (Å²) in [6, 6.07) is -1.07. The van der Waals surface area contributed by atoms with Gasteiger partial charge in [-0.1, -0.05) is 219 Å². The predicted molar refractivity (Wildman–Crippen MR) is 296 cm³/mol. The summed E-state index contributed by atoms with van der Waals surface area (Å²) in [4.78, 5) is 26.4. The van der Waals surface area contributed by atoms with Crippen molar-refractivity contribution in [3.63, 3.8) is 0 Å². The topological polar surface area (TPSA) is 175 Å². The molecule has 0 saturated carbocycles. The Labute approximate surface area is 435 Å². The second-order valence-electron chi connectivity index (χ2n) is 18.3. The Morgan fingerprint density at radius 1 is 0.569 bits per heavy atom. The second-order valence-corrected chi connectivity index (χ2v) is 18.3. The Bertz CT molecular complexity index is 1670. The van der Waals surface area contributed by atoms with Crippen molar-refractivity contribution in [2.24, 2.45) is 0 Å². The predicted octanol–water partition coefficient (Wildman–Crippen LogP) is 12.1. The van der Waals surface area contributed by atoms with Crippen molar-refractivity contribution in [3.8, 4) is 0 Å². The van der Waals surface area contributed by atoms with Crippen LogP contribution in [0.5, 0.6) is 0 Å². The first kappa shape index (κ1) is 65.8. The zero-order valence-electron chi connectivity index (χ0n) is 44.5. The standard InChI is InChI=1S/C61H97NO10/c1-4-7-10-13-16-19-22-25-26-27-28-29-30-31-34-37-40-43-46-49-56(66)72-59-58(68)57(67)55(50-63)71-61(59)70-51-52(53(64)47-44-41-38-35-32-23-20-17-14-11-8-5-2)62-60(69)54(65)48-45-42-39-36-33-24-21-18-15-12-9-6-3/h7,9-10,12,15-16,18-19,21,24-26,28-29,31,33-34,36,40,43-44,47,52-55,57-59,61,63-65,67-68H,4-6,8,11,13-14,17,20,22-23,27,30,32,35,37-39,41-42,45-46,48-51H2,1-3H3,(H,62,69)/b10-7-,12-9+,18-15+,19-16-,24-21-,26-25-,29-28-,34-31-,36-33-,43-40-,47-44+. The number of aliphatic hydroxyl groups is 5. The highest BCUT2D eigenvalue weighted by molar-refractivity contribution is 5.80. The molecule has 6 N–H and O–H groups in total. The minimum absolute atomic E-state index is 0.0150. The zero-order chi connectivity index (χ0) is 52.5. The van der Waals surface area contributed by atoms with Crippen molar-refractivity contribution in [2.75, 3.05) is 13.2 Å². The summed E-state index contributed by atoms with van der Waals surface area (Å²) in [5.41, 5.74) is 0. The maximum atomic E-state index is 13.3. The first-order valence-electron chi connectivity index (χ1n) is 27.5. The van der Waals surface area contributed by atoms with Gasteiger partial charge in [0.2, 0.25) is 5.91 Å². The lowest BCUT2D eigenvalue weighted by atomic mass is 9.99. The third kappa shape index (κ3) is 35.8. The normalized spacial score (nSPS) is 20.6. The Hall–Kier alpha value is -4.20. The van der Waals surface area contributed by atoms with Gasteiger partial charge < -0.3 is 45.1 Å². The molecule has 0 bridgehead atoms. The molecular formula is C61H97NO10. The van der Waals surface area contributed by atoms with Crippen LogP contribution in [-0.2, 0) is 23.8 Å². The number of unbranched alkanes of at least 4 members (excludes halogenated alkanes) is 12. The summed E-state index contributed by atoms with van der Waals surface area (Å²) >= 11 is 0. The molecule has 0 radical (unpaired) electrons. The summed E-state index contributed by atoms with van der Waals surface area (Å²) in [5, 5.41) is 56.6. The summed E-state index contributed by atoms with van der Waals surface area (Å²) in [6.07, 6.45) is 56.6. The second kappa shape index (κ2) is 47.8. The van der Waals surface area contributed by atoms with Gasteiger partial charge in [-0.3, -0.25) is 9.59 Å². The number of amides is 1. The van der Waals surface area contributed by atoms with Crippen molar-refractivity contribution in [3.05, 3.63) is 134 Å². The molecule has 1 fully saturated rings. The molecule has 1 amide bonds. The lowest BCUT2D eigenvalue weighted by Gasteiger charge is -2.41. The Morgan fingerprint density at radius 2 is 1.07 bits per heavy atom. The highest BCUT2D eigenvalue weighted by Gasteiger charge is 2.47. The van der Waals surface area contributed by atoms with Gasteiger partial charge in [0.05, 0.1) is 25.4 Å². The van der Waals surface area contributed by atoms with Crippen LogP contribution >= 0.6 is 0 Å². The van der Waals surface area contributed by atoms with E-state index in [-0.39, 0.29) is 19.4 Å². The lowest BCUT2D eigenvalue weighted by molar-refractivity contribution is -0.305. The van der Waals surface area contributed by atoms with Gasteiger partial charge in [-0.05, 0) is 83.5 Å². The van der Waals surface area contributed by atoms with E-state index in [1.54, 1.807) is 6.08 Å². The number of hydrogen-bond donors (Lipinski definition) is 6. The van der Waals surface area contributed by atoms with E-state index in [9.17, 15) is 35.1 Å². The Kier molecular flexibility index (Phi) is 43.7. The maximum absolute atomic E-state index is 13.3. The molecule has 11 nitrogen and oxygen atoms in total. The number of carbonyl (C=O) groups excluding carboxylic acids is 2. The first-order valence-corrected chi connectivity index (χ1v) is 27.5. The minimum atomic E-state index is -1.66. The first-order chi connectivity index (χ1) is 35.2. The van der Waals surface area contributed by atoms with Crippen molar-refractivity contribution >= 4 is 11.9 Å². The van der Waals surface area contributed by atoms with E-state index in [2.05, 4.69) is 92.9 Å². The van der Waals surface area contributed by atoms with Crippen molar-refractivity contribution in [1.82, 2.24) is 5.32 Å². The molecule has 0 aromatic carbocycles. The fourth-order valence-electron chi connectivity index (χ4n) is 7.57. The SMILES string of the molecule is CC/C=C\C/C=C\C/C=C\C/C=C\C/C=C\C/C=C\CCC(=O)OC1C(OCC(NC(=O)C(O)CCCC\C=C/C=C\C=C\C=C\CC)C(O)/C=C/CCCCCCCCCCCC)OC(CO)C(O)C1O. The van der Waals surface area contributed by atoms with Crippen LogP contribution in [-0.4, -0.2) is 99.6 Å². The van der Waals surface area contributed by atoms with Crippen molar-refractivity contribution in [1.29, 1.82) is 0 Å². The van der Waals surface area contributed by atoms with E-state index in [0.29, 0.717) is 19.3 Å². The summed E-state index contributed by atoms with van der Waals surface area (Å²) in [5.74, 6) is -1.34. The van der Waals surface area contributed by atoms with Gasteiger partial charge in [-0.2, -0.15) is 0 Å². The van der Waals surface area contributed by atoms with Crippen LogP contribution in [0.2, 0.25) is 0 Å². The van der Waals surface area contributed by atoms with E-state index >= 15 is 0 Å². The van der Waals surface area contributed by atoms with E-state index in [4.69, 9.17) is 14.2 Å². The molecule has 0 aromatic heterocycles. The average Bonchev–Trinajstić information content (AvgIpc) is 3.38. The number of rotatable bonds is 43. The van der Waals surface area contributed by atoms with Gasteiger partial charge in [0.1, 0.15) is 24.4 Å². The highest BCUT2D eigenvalue weighted by atomic mass is 16.7. The molecule has 11 heteroatoms. The molecule has 8 atom stereocenters. The molecule has 1 aliphatic heterocycles. The van der Waals surface area contributed by atoms with E-state index < -0.39 is 67.4 Å². The number of hydrogen-bond acceptors (Lipinski definition) is 10. The van der Waals surface area contributed by atoms with Crippen LogP contribution in [0.25, 0.3) is 0 Å². The number of ether oxygens (including phenoxy) is 3. The third-order valence-electron chi connectivity index (χ3n) is 11.9. The number of allylic oxidation sites excluding steroid dienone is 21. The maximum Gasteiger partial charge on any atom is 0.306 e. The minimum Gasteiger partial charge on any atom is -0.454 e. The molecule has 1 rings (SSSR count). The van der Waals surface area contributed by atoms with Crippen molar-refractivity contribution < 1.29 is 49.3 Å². The fraction of sp³-hybridized carbons (Fsp3) is 0.607. The van der Waals surface area contributed by atoms with Crippen molar-refractivity contribution in [2.45, 2.75) is 224 Å². The molecular weight excluding hydrogens is 907 g/mol. The van der Waals surface area contributed by atoms with Crippen LogP contribution < -0.4 is 5.32 Å². The molecule has 0 aliphatic carbocycles. The molecule has 0 spiro atoms. The van der Waals surface area contributed by atoms with Gasteiger partial charge >= 0.3 is 5.97 Å². The average molecular weight is 1000 g/mol. The Morgan fingerprint density at radius 3 is 1.64 bits per heavy atom. The van der Waals surface area contributed by atoms with Crippen LogP contribution in [0.3, 0.4) is 0 Å². The quantitative estimate of drug-likeness (QED) is 0.0149. The van der Waals surface area contributed by atoms with Gasteiger partial charge in [-0.15, -0.1) is 0 Å². The highest BCUT2D eigenvalue weighted by Crippen LogP contribution is 2.26. The lowest BCUT2D eigenvalue weighted by Crippen LogP contribution is -2.61. The molecule has 406 valence electrons. The molecule has 1 heterocycles. The number of aliphatic hydroxyl groups excluding tert-OH is 5.